The Morgan fingerprint density at radius 1 is 0.950 bits per heavy atom. The van der Waals surface area contributed by atoms with Crippen molar-refractivity contribution >= 4 is 0 Å². The minimum absolute atomic E-state index is 0.563. The molecule has 20 heavy (non-hydrogen) atoms. The molecule has 0 heterocycles. The summed E-state index contributed by atoms with van der Waals surface area (Å²) in [5.74, 6) is 1.77. The number of allylic oxidation sites excluding steroid dienone is 1. The molecule has 0 aliphatic carbocycles. The van der Waals surface area contributed by atoms with Gasteiger partial charge in [-0.2, -0.15) is 0 Å². The summed E-state index contributed by atoms with van der Waals surface area (Å²) in [5.41, 5.74) is 0.563. The summed E-state index contributed by atoms with van der Waals surface area (Å²) in [6.45, 7) is 15.9. The standard InChI is InChI=1S/C20H40/c1-7-11-13-18(5)14-15-19(6)20(10-4,16-9-3)17-12-8-2/h8,18-19H,2,7,9-17H2,1,3-6H3. The summed E-state index contributed by atoms with van der Waals surface area (Å²) in [7, 11) is 0. The van der Waals surface area contributed by atoms with Gasteiger partial charge in [-0.05, 0) is 42.9 Å². The van der Waals surface area contributed by atoms with Crippen LogP contribution < -0.4 is 0 Å². The molecule has 3 atom stereocenters. The molecular weight excluding hydrogens is 240 g/mol. The van der Waals surface area contributed by atoms with Crippen LogP contribution in [-0.2, 0) is 0 Å². The van der Waals surface area contributed by atoms with Crippen LogP contribution in [0.1, 0.15) is 98.8 Å². The zero-order valence-corrected chi connectivity index (χ0v) is 15.0. The Kier molecular flexibility index (Phi) is 11.3. The molecule has 0 radical (unpaired) electrons. The second-order valence-electron chi connectivity index (χ2n) is 7.02. The van der Waals surface area contributed by atoms with Gasteiger partial charge in [-0.1, -0.05) is 79.2 Å². The third kappa shape index (κ3) is 6.95. The van der Waals surface area contributed by atoms with Crippen molar-refractivity contribution in [3.63, 3.8) is 0 Å². The quantitative estimate of drug-likeness (QED) is 0.308. The van der Waals surface area contributed by atoms with Gasteiger partial charge < -0.3 is 0 Å². The third-order valence-electron chi connectivity index (χ3n) is 5.49. The van der Waals surface area contributed by atoms with Gasteiger partial charge in [-0.25, -0.2) is 0 Å². The lowest BCUT2D eigenvalue weighted by atomic mass is 9.66. The molecule has 0 aliphatic rings. The van der Waals surface area contributed by atoms with Crippen molar-refractivity contribution in [2.75, 3.05) is 0 Å². The molecule has 0 fully saturated rings. The van der Waals surface area contributed by atoms with Gasteiger partial charge in [0, 0.05) is 0 Å². The zero-order valence-electron chi connectivity index (χ0n) is 15.0. The van der Waals surface area contributed by atoms with Crippen LogP contribution in [0.5, 0.6) is 0 Å². The summed E-state index contributed by atoms with van der Waals surface area (Å²) in [6.07, 6.45) is 15.7. The fourth-order valence-electron chi connectivity index (χ4n) is 3.74. The van der Waals surface area contributed by atoms with Gasteiger partial charge in [0.05, 0.1) is 0 Å². The summed E-state index contributed by atoms with van der Waals surface area (Å²) in [6, 6.07) is 0. The fourth-order valence-corrected chi connectivity index (χ4v) is 3.74. The second kappa shape index (κ2) is 11.4. The summed E-state index contributed by atoms with van der Waals surface area (Å²) in [4.78, 5) is 0. The van der Waals surface area contributed by atoms with Gasteiger partial charge in [0.15, 0.2) is 0 Å². The van der Waals surface area contributed by atoms with Crippen LogP contribution in [0.15, 0.2) is 12.7 Å². The number of unbranched alkanes of at least 4 members (excludes halogenated alkanes) is 1. The number of rotatable bonds is 13. The van der Waals surface area contributed by atoms with Crippen LogP contribution in [0.4, 0.5) is 0 Å². The molecule has 0 bridgehead atoms. The molecule has 0 saturated heterocycles. The molecule has 0 heteroatoms. The summed E-state index contributed by atoms with van der Waals surface area (Å²) in [5, 5.41) is 0. The molecule has 0 saturated carbocycles. The van der Waals surface area contributed by atoms with Crippen molar-refractivity contribution in [2.24, 2.45) is 17.3 Å². The fraction of sp³-hybridized carbons (Fsp3) is 0.900. The van der Waals surface area contributed by atoms with Crippen LogP contribution >= 0.6 is 0 Å². The predicted molar refractivity (Wildman–Crippen MR) is 94.2 cm³/mol. The van der Waals surface area contributed by atoms with E-state index in [0.717, 1.165) is 11.8 Å². The first kappa shape index (κ1) is 19.7. The van der Waals surface area contributed by atoms with Gasteiger partial charge in [0.2, 0.25) is 0 Å². The normalized spacial score (nSPS) is 17.4. The molecule has 0 aromatic heterocycles. The highest BCUT2D eigenvalue weighted by Crippen LogP contribution is 2.43. The highest BCUT2D eigenvalue weighted by molar-refractivity contribution is 4.86. The maximum Gasteiger partial charge on any atom is -0.0272 e. The second-order valence-corrected chi connectivity index (χ2v) is 7.02. The molecule has 0 nitrogen and oxygen atoms in total. The molecule has 0 rings (SSSR count). The highest BCUT2D eigenvalue weighted by Gasteiger charge is 2.32. The Labute approximate surface area is 129 Å². The monoisotopic (exact) mass is 280 g/mol. The van der Waals surface area contributed by atoms with E-state index in [2.05, 4.69) is 47.3 Å². The predicted octanol–water partition coefficient (Wildman–Crippen LogP) is 7.39. The molecule has 0 aromatic rings. The topological polar surface area (TPSA) is 0 Å². The van der Waals surface area contributed by atoms with E-state index in [9.17, 15) is 0 Å². The molecular formula is C20H40. The number of hydrogen-bond donors (Lipinski definition) is 0. The van der Waals surface area contributed by atoms with E-state index in [1.54, 1.807) is 0 Å². The first-order valence-electron chi connectivity index (χ1n) is 9.17. The molecule has 0 amide bonds. The summed E-state index contributed by atoms with van der Waals surface area (Å²) >= 11 is 0. The Morgan fingerprint density at radius 3 is 2.15 bits per heavy atom. The van der Waals surface area contributed by atoms with Crippen molar-refractivity contribution in [2.45, 2.75) is 98.8 Å². The molecule has 3 unspecified atom stereocenters. The van der Waals surface area contributed by atoms with Crippen LogP contribution in [0.25, 0.3) is 0 Å². The molecule has 0 aliphatic heterocycles. The molecule has 0 aromatic carbocycles. The van der Waals surface area contributed by atoms with Crippen molar-refractivity contribution in [3.05, 3.63) is 12.7 Å². The maximum absolute atomic E-state index is 3.93. The van der Waals surface area contributed by atoms with Gasteiger partial charge >= 0.3 is 0 Å². The van der Waals surface area contributed by atoms with E-state index in [4.69, 9.17) is 0 Å². The Balaban J connectivity index is 4.44. The molecule has 0 spiro atoms. The van der Waals surface area contributed by atoms with Crippen molar-refractivity contribution in [3.8, 4) is 0 Å². The maximum atomic E-state index is 3.93. The van der Waals surface area contributed by atoms with Crippen LogP contribution in [0, 0.1) is 17.3 Å². The first-order valence-corrected chi connectivity index (χ1v) is 9.17. The van der Waals surface area contributed by atoms with E-state index >= 15 is 0 Å². The van der Waals surface area contributed by atoms with E-state index in [1.165, 1.54) is 64.2 Å². The smallest absolute Gasteiger partial charge is 0.0272 e. The van der Waals surface area contributed by atoms with Crippen molar-refractivity contribution < 1.29 is 0 Å². The van der Waals surface area contributed by atoms with Gasteiger partial charge in [0.1, 0.15) is 0 Å². The average molecular weight is 281 g/mol. The van der Waals surface area contributed by atoms with E-state index in [-0.39, 0.29) is 0 Å². The van der Waals surface area contributed by atoms with Crippen LogP contribution in [-0.4, -0.2) is 0 Å². The SMILES string of the molecule is C=CCCC(CC)(CCC)C(C)CCC(C)CCCC. The number of hydrogen-bond acceptors (Lipinski definition) is 0. The van der Waals surface area contributed by atoms with Crippen molar-refractivity contribution in [1.29, 1.82) is 0 Å². The first-order chi connectivity index (χ1) is 9.56. The molecule has 120 valence electrons. The van der Waals surface area contributed by atoms with Gasteiger partial charge in [-0.3, -0.25) is 0 Å². The van der Waals surface area contributed by atoms with Gasteiger partial charge in [0.25, 0.3) is 0 Å². The third-order valence-corrected chi connectivity index (χ3v) is 5.49. The van der Waals surface area contributed by atoms with Crippen molar-refractivity contribution in [1.82, 2.24) is 0 Å². The highest BCUT2D eigenvalue weighted by atomic mass is 14.4. The van der Waals surface area contributed by atoms with Crippen LogP contribution in [0.3, 0.4) is 0 Å². The Bertz CT molecular complexity index is 230. The van der Waals surface area contributed by atoms with E-state index < -0.39 is 0 Å². The van der Waals surface area contributed by atoms with E-state index in [0.29, 0.717) is 5.41 Å². The Morgan fingerprint density at radius 2 is 1.65 bits per heavy atom. The summed E-state index contributed by atoms with van der Waals surface area (Å²) < 4.78 is 0. The average Bonchev–Trinajstić information content (AvgIpc) is 2.46. The molecule has 0 N–H and O–H groups in total. The lowest BCUT2D eigenvalue weighted by molar-refractivity contribution is 0.119. The minimum Gasteiger partial charge on any atom is -0.103 e. The van der Waals surface area contributed by atoms with E-state index in [1.807, 2.05) is 0 Å². The zero-order chi connectivity index (χ0) is 15.4. The lowest BCUT2D eigenvalue weighted by Gasteiger charge is -2.39. The lowest BCUT2D eigenvalue weighted by Crippen LogP contribution is -2.28. The minimum atomic E-state index is 0.563. The largest absolute Gasteiger partial charge is 0.103 e. The Hall–Kier alpha value is -0.260. The van der Waals surface area contributed by atoms with Gasteiger partial charge in [-0.15, -0.1) is 6.58 Å². The van der Waals surface area contributed by atoms with Crippen LogP contribution in [0.2, 0.25) is 0 Å².